The molecule has 1 unspecified atom stereocenters. The van der Waals surface area contributed by atoms with Gasteiger partial charge in [0.2, 0.25) is 0 Å². The van der Waals surface area contributed by atoms with Crippen LogP contribution in [0.3, 0.4) is 0 Å². The molecule has 1 fully saturated rings. The fourth-order valence-electron chi connectivity index (χ4n) is 2.50. The predicted octanol–water partition coefficient (Wildman–Crippen LogP) is 3.38. The van der Waals surface area contributed by atoms with Gasteiger partial charge in [-0.3, -0.25) is 9.48 Å². The Labute approximate surface area is 148 Å². The summed E-state index contributed by atoms with van der Waals surface area (Å²) in [7, 11) is 0. The molecule has 2 heterocycles. The maximum Gasteiger partial charge on any atom is 0.276 e. The van der Waals surface area contributed by atoms with Crippen LogP contribution in [-0.4, -0.2) is 28.8 Å². The second kappa shape index (κ2) is 7.90. The van der Waals surface area contributed by atoms with Crippen LogP contribution in [0.5, 0.6) is 0 Å². The lowest BCUT2D eigenvalue weighted by atomic mass is 10.1. The minimum atomic E-state index is -0.487. The number of nitrogens with one attached hydrogen (secondary N) is 2. The normalized spacial score (nSPS) is 17.4. The van der Waals surface area contributed by atoms with E-state index in [4.69, 9.17) is 0 Å². The van der Waals surface area contributed by atoms with E-state index < -0.39 is 11.7 Å². The zero-order valence-corrected chi connectivity index (χ0v) is 14.7. The molecule has 1 saturated heterocycles. The molecular formula is C15H17BrClFN4O. The molecule has 0 aliphatic carbocycles. The standard InChI is InChI=1S/C15H16BrFN4O.ClH/c16-10-3-4-13(12(17)8-10)19-15(22)14-5-7-21(20-14)11-2-1-6-18-9-11;/h3-5,7-8,11,18H,1-2,6,9H2,(H,19,22);1H. The first-order chi connectivity index (χ1) is 10.6. The highest BCUT2D eigenvalue weighted by atomic mass is 79.9. The lowest BCUT2D eigenvalue weighted by Crippen LogP contribution is -2.32. The monoisotopic (exact) mass is 402 g/mol. The second-order valence-electron chi connectivity index (χ2n) is 5.26. The maximum atomic E-state index is 13.7. The van der Waals surface area contributed by atoms with Crippen molar-refractivity contribution < 1.29 is 9.18 Å². The summed E-state index contributed by atoms with van der Waals surface area (Å²) in [5.74, 6) is -0.901. The number of nitrogens with zero attached hydrogens (tertiary/aromatic N) is 2. The molecule has 1 aliphatic rings. The molecule has 3 rings (SSSR count). The van der Waals surface area contributed by atoms with Crippen molar-refractivity contribution in [3.05, 3.63) is 46.4 Å². The van der Waals surface area contributed by atoms with Crippen molar-refractivity contribution in [3.63, 3.8) is 0 Å². The van der Waals surface area contributed by atoms with Gasteiger partial charge in [-0.15, -0.1) is 12.4 Å². The molecule has 124 valence electrons. The van der Waals surface area contributed by atoms with Crippen LogP contribution in [-0.2, 0) is 0 Å². The number of carbonyl (C=O) groups excluding carboxylic acids is 1. The average molecular weight is 404 g/mol. The number of hydrogen-bond acceptors (Lipinski definition) is 3. The van der Waals surface area contributed by atoms with Gasteiger partial charge >= 0.3 is 0 Å². The number of hydrogen-bond donors (Lipinski definition) is 2. The van der Waals surface area contributed by atoms with Crippen LogP contribution >= 0.6 is 28.3 Å². The second-order valence-corrected chi connectivity index (χ2v) is 6.18. The van der Waals surface area contributed by atoms with Crippen LogP contribution in [0.2, 0.25) is 0 Å². The molecule has 1 aromatic carbocycles. The van der Waals surface area contributed by atoms with Crippen molar-refractivity contribution in [2.45, 2.75) is 18.9 Å². The fourth-order valence-corrected chi connectivity index (χ4v) is 2.83. The van der Waals surface area contributed by atoms with Gasteiger partial charge in [0.1, 0.15) is 5.82 Å². The number of aromatic nitrogens is 2. The molecule has 0 radical (unpaired) electrons. The molecule has 23 heavy (non-hydrogen) atoms. The Hall–Kier alpha value is -1.44. The van der Waals surface area contributed by atoms with Crippen molar-refractivity contribution in [2.75, 3.05) is 18.4 Å². The van der Waals surface area contributed by atoms with Gasteiger partial charge < -0.3 is 10.6 Å². The quantitative estimate of drug-likeness (QED) is 0.826. The molecule has 0 spiro atoms. The number of amides is 1. The molecular weight excluding hydrogens is 387 g/mol. The summed E-state index contributed by atoms with van der Waals surface area (Å²) in [6, 6.07) is 6.41. The minimum Gasteiger partial charge on any atom is -0.318 e. The lowest BCUT2D eigenvalue weighted by Gasteiger charge is -2.22. The Bertz CT molecular complexity index is 688. The summed E-state index contributed by atoms with van der Waals surface area (Å²) in [6.07, 6.45) is 3.93. The molecule has 1 amide bonds. The minimum absolute atomic E-state index is 0. The van der Waals surface area contributed by atoms with E-state index in [1.807, 2.05) is 0 Å². The smallest absolute Gasteiger partial charge is 0.276 e. The van der Waals surface area contributed by atoms with Crippen molar-refractivity contribution in [1.82, 2.24) is 15.1 Å². The van der Waals surface area contributed by atoms with Gasteiger partial charge in [-0.05, 0) is 43.7 Å². The number of rotatable bonds is 3. The molecule has 2 N–H and O–H groups in total. The Balaban J connectivity index is 0.00000192. The third-order valence-corrected chi connectivity index (χ3v) is 4.16. The number of halogens is 3. The summed E-state index contributed by atoms with van der Waals surface area (Å²) in [4.78, 5) is 12.2. The van der Waals surface area contributed by atoms with Crippen molar-refractivity contribution in [2.24, 2.45) is 0 Å². The van der Waals surface area contributed by atoms with Crippen molar-refractivity contribution >= 4 is 39.9 Å². The zero-order chi connectivity index (χ0) is 15.5. The van der Waals surface area contributed by atoms with E-state index in [1.165, 1.54) is 12.1 Å². The van der Waals surface area contributed by atoms with Crippen LogP contribution < -0.4 is 10.6 Å². The Kier molecular flexibility index (Phi) is 6.15. The maximum absolute atomic E-state index is 13.7. The van der Waals surface area contributed by atoms with E-state index >= 15 is 0 Å². The van der Waals surface area contributed by atoms with E-state index in [0.717, 1.165) is 25.9 Å². The molecule has 0 bridgehead atoms. The molecule has 5 nitrogen and oxygen atoms in total. The molecule has 1 atom stereocenters. The van der Waals surface area contributed by atoms with Crippen LogP contribution in [0.15, 0.2) is 34.9 Å². The van der Waals surface area contributed by atoms with Crippen LogP contribution in [0.1, 0.15) is 29.4 Å². The highest BCUT2D eigenvalue weighted by Gasteiger charge is 2.18. The Morgan fingerprint density at radius 2 is 2.26 bits per heavy atom. The number of anilines is 1. The Morgan fingerprint density at radius 3 is 2.96 bits per heavy atom. The SMILES string of the molecule is Cl.O=C(Nc1ccc(Br)cc1F)c1ccn(C2CCCNC2)n1. The highest BCUT2D eigenvalue weighted by Crippen LogP contribution is 2.20. The molecule has 0 saturated carbocycles. The van der Waals surface area contributed by atoms with E-state index in [1.54, 1.807) is 23.0 Å². The first-order valence-electron chi connectivity index (χ1n) is 7.16. The molecule has 8 heteroatoms. The van der Waals surface area contributed by atoms with Gasteiger partial charge in [0.15, 0.2) is 5.69 Å². The summed E-state index contributed by atoms with van der Waals surface area (Å²) in [6.45, 7) is 1.87. The van der Waals surface area contributed by atoms with Crippen LogP contribution in [0.4, 0.5) is 10.1 Å². The van der Waals surface area contributed by atoms with E-state index in [2.05, 4.69) is 31.7 Å². The summed E-state index contributed by atoms with van der Waals surface area (Å²) in [5.41, 5.74) is 0.426. The van der Waals surface area contributed by atoms with Gasteiger partial charge in [0, 0.05) is 17.2 Å². The largest absolute Gasteiger partial charge is 0.318 e. The van der Waals surface area contributed by atoms with Crippen LogP contribution in [0.25, 0.3) is 0 Å². The average Bonchev–Trinajstić information content (AvgIpc) is 3.01. The molecule has 1 aromatic heterocycles. The Morgan fingerprint density at radius 1 is 1.43 bits per heavy atom. The number of benzene rings is 1. The van der Waals surface area contributed by atoms with Gasteiger partial charge in [-0.25, -0.2) is 4.39 Å². The fraction of sp³-hybridized carbons (Fsp3) is 0.333. The third kappa shape index (κ3) is 4.31. The van der Waals surface area contributed by atoms with E-state index in [-0.39, 0.29) is 29.8 Å². The lowest BCUT2D eigenvalue weighted by molar-refractivity contribution is 0.102. The number of piperidine rings is 1. The zero-order valence-electron chi connectivity index (χ0n) is 12.3. The van der Waals surface area contributed by atoms with E-state index in [9.17, 15) is 9.18 Å². The number of carbonyl (C=O) groups is 1. The topological polar surface area (TPSA) is 59.0 Å². The highest BCUT2D eigenvalue weighted by molar-refractivity contribution is 9.10. The van der Waals surface area contributed by atoms with E-state index in [0.29, 0.717) is 4.47 Å². The van der Waals surface area contributed by atoms with Gasteiger partial charge in [-0.2, -0.15) is 5.10 Å². The van der Waals surface area contributed by atoms with Gasteiger partial charge in [0.25, 0.3) is 5.91 Å². The van der Waals surface area contributed by atoms with Crippen molar-refractivity contribution in [3.8, 4) is 0 Å². The van der Waals surface area contributed by atoms with Gasteiger partial charge in [0.05, 0.1) is 11.7 Å². The third-order valence-electron chi connectivity index (χ3n) is 3.67. The molecule has 1 aliphatic heterocycles. The first-order valence-corrected chi connectivity index (χ1v) is 7.95. The summed E-state index contributed by atoms with van der Waals surface area (Å²) in [5, 5.41) is 10.2. The first kappa shape index (κ1) is 17.9. The van der Waals surface area contributed by atoms with Crippen molar-refractivity contribution in [1.29, 1.82) is 0 Å². The summed E-state index contributed by atoms with van der Waals surface area (Å²) >= 11 is 3.18. The van der Waals surface area contributed by atoms with Crippen LogP contribution in [0, 0.1) is 5.82 Å². The predicted molar refractivity (Wildman–Crippen MR) is 92.7 cm³/mol. The molecule has 2 aromatic rings. The van der Waals surface area contributed by atoms with Gasteiger partial charge in [-0.1, -0.05) is 15.9 Å². The summed E-state index contributed by atoms with van der Waals surface area (Å²) < 4.78 is 16.2.